The van der Waals surface area contributed by atoms with Crippen LogP contribution in [-0.2, 0) is 4.74 Å². The topological polar surface area (TPSA) is 105 Å². The highest BCUT2D eigenvalue weighted by Crippen LogP contribution is 2.27. The van der Waals surface area contributed by atoms with E-state index in [1.807, 2.05) is 6.92 Å². The van der Waals surface area contributed by atoms with Crippen molar-refractivity contribution in [2.24, 2.45) is 0 Å². The van der Waals surface area contributed by atoms with Crippen molar-refractivity contribution >= 4 is 40.9 Å². The molecule has 9 heteroatoms. The molecular formula is C24H24ClN3O5. The number of hydrogen-bond donors (Lipinski definition) is 2. The Morgan fingerprint density at radius 1 is 1.09 bits per heavy atom. The molecule has 2 heterocycles. The Morgan fingerprint density at radius 3 is 2.58 bits per heavy atom. The summed E-state index contributed by atoms with van der Waals surface area (Å²) in [6, 6.07) is 9.03. The normalized spacial score (nSPS) is 17.3. The van der Waals surface area contributed by atoms with Crippen molar-refractivity contribution in [1.82, 2.24) is 10.2 Å². The van der Waals surface area contributed by atoms with Gasteiger partial charge in [-0.1, -0.05) is 18.5 Å². The summed E-state index contributed by atoms with van der Waals surface area (Å²) < 4.78 is 5.54. The summed E-state index contributed by atoms with van der Waals surface area (Å²) >= 11 is 6.22. The number of nitrogens with one attached hydrogen (secondary N) is 2. The van der Waals surface area contributed by atoms with Gasteiger partial charge in [-0.3, -0.25) is 24.1 Å². The van der Waals surface area contributed by atoms with Gasteiger partial charge in [0.25, 0.3) is 23.6 Å². The molecule has 2 N–H and O–H groups in total. The monoisotopic (exact) mass is 469 g/mol. The van der Waals surface area contributed by atoms with Gasteiger partial charge in [-0.15, -0.1) is 0 Å². The van der Waals surface area contributed by atoms with E-state index in [4.69, 9.17) is 16.3 Å². The summed E-state index contributed by atoms with van der Waals surface area (Å²) in [5.74, 6) is -1.55. The highest BCUT2D eigenvalue weighted by atomic mass is 35.5. The van der Waals surface area contributed by atoms with Crippen molar-refractivity contribution in [3.05, 3.63) is 63.7 Å². The van der Waals surface area contributed by atoms with Crippen LogP contribution in [0.25, 0.3) is 0 Å². The van der Waals surface area contributed by atoms with Crippen LogP contribution in [0.4, 0.5) is 5.69 Å². The van der Waals surface area contributed by atoms with Gasteiger partial charge in [-0.05, 0) is 55.7 Å². The molecule has 0 aliphatic carbocycles. The van der Waals surface area contributed by atoms with Gasteiger partial charge in [-0.2, -0.15) is 0 Å². The molecule has 2 aromatic rings. The molecule has 2 aliphatic rings. The second-order valence-electron chi connectivity index (χ2n) is 8.02. The molecule has 33 heavy (non-hydrogen) atoms. The van der Waals surface area contributed by atoms with Crippen molar-refractivity contribution in [1.29, 1.82) is 0 Å². The molecule has 4 amide bonds. The quantitative estimate of drug-likeness (QED) is 0.604. The van der Waals surface area contributed by atoms with E-state index in [1.165, 1.54) is 35.2 Å². The van der Waals surface area contributed by atoms with Crippen molar-refractivity contribution in [3.63, 3.8) is 0 Å². The van der Waals surface area contributed by atoms with E-state index in [0.717, 1.165) is 19.3 Å². The standard InChI is InChI=1S/C24H24ClN3O5/c1-2-9-26-22(30)18-8-6-15(12-20(18)25)27-21(29)14-5-7-17-19(11-14)24(32)28(23(17)31)13-16-4-3-10-33-16/h5-8,11-12,16H,2-4,9-10,13H2,1H3,(H,26,30)(H,27,29). The number of nitrogens with zero attached hydrogens (tertiary/aromatic N) is 1. The summed E-state index contributed by atoms with van der Waals surface area (Å²) in [7, 11) is 0. The number of rotatable bonds is 7. The largest absolute Gasteiger partial charge is 0.376 e. The number of carbonyl (C=O) groups is 4. The number of benzene rings is 2. The molecule has 0 radical (unpaired) electrons. The molecule has 0 aromatic heterocycles. The molecule has 1 unspecified atom stereocenters. The minimum atomic E-state index is -0.463. The van der Waals surface area contributed by atoms with Crippen LogP contribution in [0.1, 0.15) is 67.6 Å². The maximum atomic E-state index is 12.8. The van der Waals surface area contributed by atoms with Crippen LogP contribution in [0.3, 0.4) is 0 Å². The van der Waals surface area contributed by atoms with Gasteiger partial charge in [0.2, 0.25) is 0 Å². The number of hydrogen-bond acceptors (Lipinski definition) is 5. The lowest BCUT2D eigenvalue weighted by atomic mass is 10.1. The summed E-state index contributed by atoms with van der Waals surface area (Å²) in [5.41, 5.74) is 1.43. The minimum Gasteiger partial charge on any atom is -0.376 e. The summed E-state index contributed by atoms with van der Waals surface area (Å²) in [6.07, 6.45) is 2.38. The molecule has 1 saturated heterocycles. The van der Waals surface area contributed by atoms with Gasteiger partial charge in [0, 0.05) is 24.4 Å². The fraction of sp³-hybridized carbons (Fsp3) is 0.333. The molecule has 0 bridgehead atoms. The van der Waals surface area contributed by atoms with Crippen LogP contribution >= 0.6 is 11.6 Å². The second-order valence-corrected chi connectivity index (χ2v) is 8.43. The lowest BCUT2D eigenvalue weighted by molar-refractivity contribution is 0.0475. The third kappa shape index (κ3) is 4.77. The molecule has 2 aliphatic heterocycles. The maximum absolute atomic E-state index is 12.8. The van der Waals surface area contributed by atoms with E-state index in [0.29, 0.717) is 24.4 Å². The number of halogens is 1. The van der Waals surface area contributed by atoms with E-state index in [2.05, 4.69) is 10.6 Å². The van der Waals surface area contributed by atoms with E-state index >= 15 is 0 Å². The second kappa shape index (κ2) is 9.72. The Bertz CT molecular complexity index is 1130. The number of imide groups is 1. The predicted molar refractivity (Wildman–Crippen MR) is 123 cm³/mol. The molecule has 8 nitrogen and oxygen atoms in total. The Hall–Kier alpha value is -3.23. The zero-order chi connectivity index (χ0) is 23.5. The molecule has 4 rings (SSSR count). The third-order valence-electron chi connectivity index (χ3n) is 5.65. The zero-order valence-corrected chi connectivity index (χ0v) is 18.9. The SMILES string of the molecule is CCCNC(=O)c1ccc(NC(=O)c2ccc3c(c2)C(=O)N(CC2CCCO2)C3=O)cc1Cl. The average molecular weight is 470 g/mol. The number of anilines is 1. The fourth-order valence-electron chi connectivity index (χ4n) is 3.90. The molecule has 1 atom stereocenters. The highest BCUT2D eigenvalue weighted by Gasteiger charge is 2.38. The van der Waals surface area contributed by atoms with E-state index in [-0.39, 0.29) is 46.2 Å². The lowest BCUT2D eigenvalue weighted by Gasteiger charge is -2.17. The van der Waals surface area contributed by atoms with E-state index < -0.39 is 11.8 Å². The van der Waals surface area contributed by atoms with Gasteiger partial charge in [-0.25, -0.2) is 0 Å². The molecular weight excluding hydrogens is 446 g/mol. The van der Waals surface area contributed by atoms with E-state index in [9.17, 15) is 19.2 Å². The average Bonchev–Trinajstić information content (AvgIpc) is 3.40. The number of carbonyl (C=O) groups excluding carboxylic acids is 4. The van der Waals surface area contributed by atoms with Crippen molar-refractivity contribution < 1.29 is 23.9 Å². The Balaban J connectivity index is 1.47. The predicted octanol–water partition coefficient (Wildman–Crippen LogP) is 3.51. The van der Waals surface area contributed by atoms with Crippen molar-refractivity contribution in [2.45, 2.75) is 32.3 Å². The van der Waals surface area contributed by atoms with Crippen LogP contribution in [-0.4, -0.2) is 54.3 Å². The molecule has 2 aromatic carbocycles. The number of fused-ring (bicyclic) bond motifs is 1. The fourth-order valence-corrected chi connectivity index (χ4v) is 4.17. The lowest BCUT2D eigenvalue weighted by Crippen LogP contribution is -2.36. The summed E-state index contributed by atoms with van der Waals surface area (Å²) in [4.78, 5) is 51.6. The maximum Gasteiger partial charge on any atom is 0.261 e. The van der Waals surface area contributed by atoms with E-state index in [1.54, 1.807) is 6.07 Å². The Labute approximate surface area is 196 Å². The Morgan fingerprint density at radius 2 is 1.88 bits per heavy atom. The Kier molecular flexibility index (Phi) is 6.76. The van der Waals surface area contributed by atoms with Crippen molar-refractivity contribution in [2.75, 3.05) is 25.0 Å². The first-order chi connectivity index (χ1) is 15.9. The van der Waals surface area contributed by atoms with Crippen LogP contribution in [0, 0.1) is 0 Å². The first kappa shape index (κ1) is 22.9. The molecule has 0 saturated carbocycles. The number of amides is 4. The highest BCUT2D eigenvalue weighted by molar-refractivity contribution is 6.34. The van der Waals surface area contributed by atoms with Gasteiger partial charge in [0.1, 0.15) is 0 Å². The molecule has 172 valence electrons. The van der Waals surface area contributed by atoms with Gasteiger partial charge in [0.15, 0.2) is 0 Å². The van der Waals surface area contributed by atoms with Crippen LogP contribution < -0.4 is 10.6 Å². The molecule has 1 fully saturated rings. The smallest absolute Gasteiger partial charge is 0.261 e. The summed E-state index contributed by atoms with van der Waals surface area (Å²) in [6.45, 7) is 3.33. The first-order valence-electron chi connectivity index (χ1n) is 10.9. The summed E-state index contributed by atoms with van der Waals surface area (Å²) in [5, 5.41) is 5.67. The zero-order valence-electron chi connectivity index (χ0n) is 18.2. The van der Waals surface area contributed by atoms with Crippen LogP contribution in [0.5, 0.6) is 0 Å². The van der Waals surface area contributed by atoms with Crippen LogP contribution in [0.15, 0.2) is 36.4 Å². The molecule has 0 spiro atoms. The van der Waals surface area contributed by atoms with Gasteiger partial charge in [0.05, 0.1) is 34.4 Å². The van der Waals surface area contributed by atoms with Crippen molar-refractivity contribution in [3.8, 4) is 0 Å². The van der Waals surface area contributed by atoms with Gasteiger partial charge >= 0.3 is 0 Å². The third-order valence-corrected chi connectivity index (χ3v) is 5.96. The number of ether oxygens (including phenoxy) is 1. The minimum absolute atomic E-state index is 0.147. The first-order valence-corrected chi connectivity index (χ1v) is 11.3. The van der Waals surface area contributed by atoms with Gasteiger partial charge < -0.3 is 15.4 Å². The van der Waals surface area contributed by atoms with Crippen LogP contribution in [0.2, 0.25) is 5.02 Å².